The number of amides is 3. The fraction of sp³-hybridized carbons (Fsp3) is 0.588. The fourth-order valence-corrected chi connectivity index (χ4v) is 4.00. The molecule has 3 atom stereocenters. The minimum Gasteiger partial charge on any atom is -0.384 e. The number of nitrogens with zero attached hydrogens (tertiary/aromatic N) is 1. The molecule has 1 aromatic rings. The second-order valence-electron chi connectivity index (χ2n) is 6.37. The summed E-state index contributed by atoms with van der Waals surface area (Å²) in [5, 5.41) is 7.41. The highest BCUT2D eigenvalue weighted by molar-refractivity contribution is 7.10. The van der Waals surface area contributed by atoms with Gasteiger partial charge in [0.15, 0.2) is 0 Å². The summed E-state index contributed by atoms with van der Waals surface area (Å²) < 4.78 is 5.18. The normalized spacial score (nSPS) is 21.0. The van der Waals surface area contributed by atoms with Crippen LogP contribution in [0.1, 0.15) is 29.8 Å². The molecule has 0 bridgehead atoms. The maximum atomic E-state index is 12.7. The van der Waals surface area contributed by atoms with Gasteiger partial charge in [-0.15, -0.1) is 11.3 Å². The number of carbonyl (C=O) groups excluding carboxylic acids is 3. The first-order valence-corrected chi connectivity index (χ1v) is 9.15. The number of nitrogens with one attached hydrogen (secondary N) is 2. The van der Waals surface area contributed by atoms with Crippen LogP contribution >= 0.6 is 11.3 Å². The van der Waals surface area contributed by atoms with Crippen molar-refractivity contribution in [3.63, 3.8) is 0 Å². The molecule has 0 aromatic carbocycles. The summed E-state index contributed by atoms with van der Waals surface area (Å²) in [5.74, 6) is -0.317. The third kappa shape index (κ3) is 5.02. The van der Waals surface area contributed by atoms with Crippen LogP contribution in [0.2, 0.25) is 0 Å². The van der Waals surface area contributed by atoms with Crippen molar-refractivity contribution in [1.29, 1.82) is 0 Å². The van der Waals surface area contributed by atoms with E-state index in [-0.39, 0.29) is 30.3 Å². The van der Waals surface area contributed by atoms with Gasteiger partial charge in [-0.1, -0.05) is 0 Å². The minimum absolute atomic E-state index is 0.105. The number of ether oxygens (including phenoxy) is 1. The van der Waals surface area contributed by atoms with Gasteiger partial charge in [-0.25, -0.2) is 0 Å². The molecule has 3 amide bonds. The average molecular weight is 367 g/mol. The average Bonchev–Trinajstić information content (AvgIpc) is 3.19. The lowest BCUT2D eigenvalue weighted by Gasteiger charge is -2.25. The standard InChI is InChI=1S/C17H25N3O4S/c1-11-4-15(25-9-11)12(2)19-17(23)14-5-13(8-24-3)7-20(14)16(22)6-18-10-21/h4,9-10,12-14H,5-8H2,1-3H3,(H,18,21)(H,19,23)/t12-,13?,14?/m1/s1. The highest BCUT2D eigenvalue weighted by Gasteiger charge is 2.39. The molecule has 0 radical (unpaired) electrons. The molecule has 2 heterocycles. The molecule has 1 aromatic heterocycles. The van der Waals surface area contributed by atoms with Gasteiger partial charge >= 0.3 is 0 Å². The van der Waals surface area contributed by atoms with Crippen molar-refractivity contribution in [2.45, 2.75) is 32.4 Å². The van der Waals surface area contributed by atoms with Gasteiger partial charge in [0.05, 0.1) is 19.2 Å². The summed E-state index contributed by atoms with van der Waals surface area (Å²) in [6.45, 7) is 4.80. The summed E-state index contributed by atoms with van der Waals surface area (Å²) in [6, 6.07) is 1.40. The van der Waals surface area contributed by atoms with Crippen LogP contribution < -0.4 is 10.6 Å². The van der Waals surface area contributed by atoms with Crippen molar-refractivity contribution in [3.8, 4) is 0 Å². The first-order valence-electron chi connectivity index (χ1n) is 8.27. The Bertz CT molecular complexity index is 619. The van der Waals surface area contributed by atoms with Gasteiger partial charge in [0.2, 0.25) is 18.2 Å². The van der Waals surface area contributed by atoms with Gasteiger partial charge in [-0.3, -0.25) is 14.4 Å². The number of carbonyl (C=O) groups is 3. The molecule has 0 saturated carbocycles. The van der Waals surface area contributed by atoms with Crippen LogP contribution in [-0.2, 0) is 19.1 Å². The van der Waals surface area contributed by atoms with Crippen LogP contribution in [0.15, 0.2) is 11.4 Å². The van der Waals surface area contributed by atoms with E-state index in [4.69, 9.17) is 4.74 Å². The lowest BCUT2D eigenvalue weighted by molar-refractivity contribution is -0.138. The van der Waals surface area contributed by atoms with E-state index in [0.717, 1.165) is 4.88 Å². The summed E-state index contributed by atoms with van der Waals surface area (Å²) >= 11 is 1.60. The maximum Gasteiger partial charge on any atom is 0.243 e. The largest absolute Gasteiger partial charge is 0.384 e. The van der Waals surface area contributed by atoms with E-state index < -0.39 is 6.04 Å². The monoisotopic (exact) mass is 367 g/mol. The quantitative estimate of drug-likeness (QED) is 0.667. The van der Waals surface area contributed by atoms with Gasteiger partial charge < -0.3 is 20.3 Å². The molecule has 8 heteroatoms. The lowest BCUT2D eigenvalue weighted by atomic mass is 10.1. The lowest BCUT2D eigenvalue weighted by Crippen LogP contribution is -2.48. The highest BCUT2D eigenvalue weighted by Crippen LogP contribution is 2.26. The number of hydrogen-bond donors (Lipinski definition) is 2. The van der Waals surface area contributed by atoms with Crippen molar-refractivity contribution in [2.24, 2.45) is 5.92 Å². The number of methoxy groups -OCH3 is 1. The second kappa shape index (κ2) is 8.96. The molecule has 7 nitrogen and oxygen atoms in total. The van der Waals surface area contributed by atoms with E-state index >= 15 is 0 Å². The summed E-state index contributed by atoms with van der Waals surface area (Å²) in [4.78, 5) is 38.1. The molecule has 138 valence electrons. The fourth-order valence-electron chi connectivity index (χ4n) is 3.10. The Morgan fingerprint density at radius 3 is 2.88 bits per heavy atom. The summed E-state index contributed by atoms with van der Waals surface area (Å²) in [7, 11) is 1.61. The van der Waals surface area contributed by atoms with E-state index in [2.05, 4.69) is 16.7 Å². The van der Waals surface area contributed by atoms with Crippen molar-refractivity contribution in [1.82, 2.24) is 15.5 Å². The SMILES string of the molecule is COCC1CC(C(=O)N[C@H](C)c2cc(C)cs2)N(C(=O)CNC=O)C1. The van der Waals surface area contributed by atoms with E-state index in [1.54, 1.807) is 23.3 Å². The third-order valence-electron chi connectivity index (χ3n) is 4.29. The molecule has 1 saturated heterocycles. The highest BCUT2D eigenvalue weighted by atomic mass is 32.1. The second-order valence-corrected chi connectivity index (χ2v) is 7.32. The molecule has 1 aliphatic heterocycles. The Hall–Kier alpha value is -1.93. The van der Waals surface area contributed by atoms with Crippen LogP contribution in [-0.4, -0.2) is 56.0 Å². The Morgan fingerprint density at radius 1 is 1.52 bits per heavy atom. The predicted octanol–water partition coefficient (Wildman–Crippen LogP) is 0.843. The van der Waals surface area contributed by atoms with Crippen molar-refractivity contribution in [3.05, 3.63) is 21.9 Å². The Kier molecular flexibility index (Phi) is 6.95. The Balaban J connectivity index is 2.04. The smallest absolute Gasteiger partial charge is 0.243 e. The van der Waals surface area contributed by atoms with Crippen LogP contribution in [0.3, 0.4) is 0 Å². The van der Waals surface area contributed by atoms with Crippen molar-refractivity contribution < 1.29 is 19.1 Å². The maximum absolute atomic E-state index is 12.7. The summed E-state index contributed by atoms with van der Waals surface area (Å²) in [6.07, 6.45) is 1.04. The third-order valence-corrected chi connectivity index (χ3v) is 5.52. The molecule has 2 unspecified atom stereocenters. The van der Waals surface area contributed by atoms with Gasteiger partial charge in [0, 0.05) is 24.4 Å². The molecular weight excluding hydrogens is 342 g/mol. The number of aryl methyl sites for hydroxylation is 1. The predicted molar refractivity (Wildman–Crippen MR) is 95.2 cm³/mol. The van der Waals surface area contributed by atoms with Crippen LogP contribution in [0.25, 0.3) is 0 Å². The zero-order valence-electron chi connectivity index (χ0n) is 14.8. The first-order chi connectivity index (χ1) is 12.0. The topological polar surface area (TPSA) is 87.7 Å². The van der Waals surface area contributed by atoms with E-state index in [0.29, 0.717) is 26.0 Å². The number of thiophene rings is 1. The number of likely N-dealkylation sites (tertiary alicyclic amines) is 1. The molecule has 25 heavy (non-hydrogen) atoms. The van der Waals surface area contributed by atoms with Gasteiger partial charge in [-0.05, 0) is 37.3 Å². The van der Waals surface area contributed by atoms with E-state index in [9.17, 15) is 14.4 Å². The zero-order valence-corrected chi connectivity index (χ0v) is 15.6. The summed E-state index contributed by atoms with van der Waals surface area (Å²) in [5.41, 5.74) is 1.17. The first kappa shape index (κ1) is 19.4. The van der Waals surface area contributed by atoms with Crippen molar-refractivity contribution in [2.75, 3.05) is 26.8 Å². The van der Waals surface area contributed by atoms with Crippen LogP contribution in [0, 0.1) is 12.8 Å². The van der Waals surface area contributed by atoms with Crippen LogP contribution in [0.4, 0.5) is 0 Å². The molecule has 1 aliphatic rings. The molecule has 2 N–H and O–H groups in total. The number of hydrogen-bond acceptors (Lipinski definition) is 5. The molecule has 0 aliphatic carbocycles. The Morgan fingerprint density at radius 2 is 2.28 bits per heavy atom. The molecule has 1 fully saturated rings. The minimum atomic E-state index is -0.537. The number of rotatable bonds is 8. The molecule has 0 spiro atoms. The van der Waals surface area contributed by atoms with Gasteiger partial charge in [0.25, 0.3) is 0 Å². The Labute approximate surface area is 151 Å². The van der Waals surface area contributed by atoms with Gasteiger partial charge in [-0.2, -0.15) is 0 Å². The van der Waals surface area contributed by atoms with E-state index in [1.807, 2.05) is 19.2 Å². The van der Waals surface area contributed by atoms with Crippen molar-refractivity contribution >= 4 is 29.6 Å². The molecular formula is C17H25N3O4S. The van der Waals surface area contributed by atoms with E-state index in [1.165, 1.54) is 5.56 Å². The van der Waals surface area contributed by atoms with Crippen LogP contribution in [0.5, 0.6) is 0 Å². The van der Waals surface area contributed by atoms with Gasteiger partial charge in [0.1, 0.15) is 6.04 Å². The zero-order chi connectivity index (χ0) is 18.4. The molecule has 2 rings (SSSR count).